The van der Waals surface area contributed by atoms with Gasteiger partial charge in [0.1, 0.15) is 5.92 Å². The summed E-state index contributed by atoms with van der Waals surface area (Å²) in [5.41, 5.74) is -0.181. The van der Waals surface area contributed by atoms with E-state index in [0.717, 1.165) is 12.1 Å². The molecule has 0 amide bonds. The fourth-order valence-corrected chi connectivity index (χ4v) is 1.88. The summed E-state index contributed by atoms with van der Waals surface area (Å²) in [6.45, 7) is -0.122. The molecule has 19 heavy (non-hydrogen) atoms. The van der Waals surface area contributed by atoms with Gasteiger partial charge in [-0.25, -0.2) is 0 Å². The predicted octanol–water partition coefficient (Wildman–Crippen LogP) is 2.81. The molecule has 1 aliphatic heterocycles. The maximum absolute atomic E-state index is 12.4. The van der Waals surface area contributed by atoms with E-state index in [1.165, 1.54) is 6.07 Å². The van der Waals surface area contributed by atoms with Gasteiger partial charge in [-0.1, -0.05) is 11.6 Å². The average Bonchev–Trinajstić information content (AvgIpc) is 2.77. The molecule has 0 radical (unpaired) electrons. The monoisotopic (exact) mass is 291 g/mol. The lowest BCUT2D eigenvalue weighted by Gasteiger charge is -2.12. The van der Waals surface area contributed by atoms with Crippen LogP contribution in [0.4, 0.5) is 13.2 Å². The molecule has 1 heterocycles. The number of hydrogen-bond donors (Lipinski definition) is 0. The number of halogens is 4. The quantitative estimate of drug-likeness (QED) is 0.840. The first-order valence-corrected chi connectivity index (χ1v) is 5.32. The Morgan fingerprint density at radius 1 is 1.42 bits per heavy atom. The Kier molecular flexibility index (Phi) is 3.28. The van der Waals surface area contributed by atoms with Crippen LogP contribution < -0.4 is 9.47 Å². The minimum Gasteiger partial charge on any atom is -0.454 e. The number of fused-ring (bicyclic) bond motifs is 1. The molecule has 1 aliphatic rings. The predicted molar refractivity (Wildman–Crippen MR) is 57.0 cm³/mol. The Morgan fingerprint density at radius 3 is 2.68 bits per heavy atom. The second kappa shape index (κ2) is 4.63. The first kappa shape index (κ1) is 13.5. The fraction of sp³-hybridized carbons (Fsp3) is 0.273. The summed E-state index contributed by atoms with van der Waals surface area (Å²) < 4.78 is 47.0. The number of carbonyl (C=O) groups excluding carboxylic acids is 1. The number of nitrogens with zero attached hydrogens (tertiary/aromatic N) is 1. The highest BCUT2D eigenvalue weighted by atomic mass is 35.5. The van der Waals surface area contributed by atoms with Crippen LogP contribution in [0.1, 0.15) is 11.5 Å². The van der Waals surface area contributed by atoms with E-state index in [9.17, 15) is 18.0 Å². The van der Waals surface area contributed by atoms with Crippen LogP contribution in [-0.4, -0.2) is 18.8 Å². The number of hydrogen-bond acceptors (Lipinski definition) is 4. The SMILES string of the molecule is N#CC(C(=O)C(F)(F)F)c1cc(Cl)c2c(c1)OCO2. The highest BCUT2D eigenvalue weighted by Gasteiger charge is 2.44. The van der Waals surface area contributed by atoms with Gasteiger partial charge in [-0.05, 0) is 17.7 Å². The molecular formula is C11H5ClF3NO3. The van der Waals surface area contributed by atoms with E-state index >= 15 is 0 Å². The van der Waals surface area contributed by atoms with Crippen molar-refractivity contribution in [2.75, 3.05) is 6.79 Å². The normalized spacial score (nSPS) is 14.9. The molecule has 0 saturated carbocycles. The molecule has 0 aliphatic carbocycles. The maximum Gasteiger partial charge on any atom is 0.451 e. The maximum atomic E-state index is 12.4. The Bertz CT molecular complexity index is 580. The minimum absolute atomic E-state index is 0.0137. The van der Waals surface area contributed by atoms with E-state index in [1.807, 2.05) is 0 Å². The van der Waals surface area contributed by atoms with Crippen molar-refractivity contribution in [2.24, 2.45) is 0 Å². The number of Topliss-reactive ketones (excluding diaryl/α,β-unsaturated/α-hetero) is 1. The molecular weight excluding hydrogens is 287 g/mol. The van der Waals surface area contributed by atoms with Crippen molar-refractivity contribution in [1.29, 1.82) is 5.26 Å². The number of benzene rings is 1. The number of carbonyl (C=O) groups is 1. The summed E-state index contributed by atoms with van der Waals surface area (Å²) in [4.78, 5) is 11.1. The van der Waals surface area contributed by atoms with Gasteiger partial charge < -0.3 is 9.47 Å². The largest absolute Gasteiger partial charge is 0.454 e. The third kappa shape index (κ3) is 2.44. The molecule has 0 spiro atoms. The first-order chi connectivity index (χ1) is 8.84. The average molecular weight is 292 g/mol. The standard InChI is InChI=1S/C11H5ClF3NO3/c12-7-1-5(2-8-9(7)19-4-18-8)6(3-16)10(17)11(13,14)15/h1-2,6H,4H2. The van der Waals surface area contributed by atoms with Gasteiger partial charge in [-0.2, -0.15) is 18.4 Å². The zero-order valence-corrected chi connectivity index (χ0v) is 9.88. The van der Waals surface area contributed by atoms with Gasteiger partial charge in [-0.15, -0.1) is 0 Å². The number of nitriles is 1. The molecule has 8 heteroatoms. The molecule has 0 fully saturated rings. The van der Waals surface area contributed by atoms with Crippen molar-refractivity contribution in [1.82, 2.24) is 0 Å². The van der Waals surface area contributed by atoms with Gasteiger partial charge in [0.25, 0.3) is 5.78 Å². The minimum atomic E-state index is -5.09. The molecule has 1 unspecified atom stereocenters. The smallest absolute Gasteiger partial charge is 0.451 e. The van der Waals surface area contributed by atoms with Crippen molar-refractivity contribution in [2.45, 2.75) is 12.1 Å². The highest BCUT2D eigenvalue weighted by Crippen LogP contribution is 2.42. The lowest BCUT2D eigenvalue weighted by molar-refractivity contribution is -0.171. The number of ketones is 1. The summed E-state index contributed by atoms with van der Waals surface area (Å²) in [7, 11) is 0. The lowest BCUT2D eigenvalue weighted by Crippen LogP contribution is -2.28. The van der Waals surface area contributed by atoms with Crippen LogP contribution in [0.5, 0.6) is 11.5 Å². The number of rotatable bonds is 2. The van der Waals surface area contributed by atoms with Crippen molar-refractivity contribution >= 4 is 17.4 Å². The Labute approximate surface area is 110 Å². The van der Waals surface area contributed by atoms with E-state index in [4.69, 9.17) is 26.3 Å². The van der Waals surface area contributed by atoms with Crippen LogP contribution in [0.2, 0.25) is 5.02 Å². The summed E-state index contributed by atoms with van der Waals surface area (Å²) >= 11 is 5.79. The molecule has 0 bridgehead atoms. The van der Waals surface area contributed by atoms with Crippen LogP contribution in [0.25, 0.3) is 0 Å². The molecule has 1 aromatic rings. The molecule has 1 atom stereocenters. The van der Waals surface area contributed by atoms with Crippen LogP contribution in [0.3, 0.4) is 0 Å². The Hall–Kier alpha value is -1.94. The second-order valence-corrected chi connectivity index (χ2v) is 4.07. The lowest BCUT2D eigenvalue weighted by atomic mass is 9.95. The molecule has 100 valence electrons. The summed E-state index contributed by atoms with van der Waals surface area (Å²) in [6.07, 6.45) is -5.09. The van der Waals surface area contributed by atoms with Crippen LogP contribution in [0.15, 0.2) is 12.1 Å². The van der Waals surface area contributed by atoms with E-state index in [-0.39, 0.29) is 28.9 Å². The van der Waals surface area contributed by atoms with Gasteiger partial charge in [0.05, 0.1) is 11.1 Å². The zero-order chi connectivity index (χ0) is 14.2. The van der Waals surface area contributed by atoms with Crippen LogP contribution in [0, 0.1) is 11.3 Å². The summed E-state index contributed by atoms with van der Waals surface area (Å²) in [6, 6.07) is 3.55. The first-order valence-electron chi connectivity index (χ1n) is 4.94. The summed E-state index contributed by atoms with van der Waals surface area (Å²) in [5.74, 6) is -3.84. The van der Waals surface area contributed by atoms with Gasteiger partial charge in [0.15, 0.2) is 11.5 Å². The third-order valence-corrected chi connectivity index (χ3v) is 2.73. The van der Waals surface area contributed by atoms with Crippen LogP contribution >= 0.6 is 11.6 Å². The fourth-order valence-electron chi connectivity index (χ4n) is 1.60. The third-order valence-electron chi connectivity index (χ3n) is 2.45. The van der Waals surface area contributed by atoms with Crippen LogP contribution in [-0.2, 0) is 4.79 Å². The second-order valence-electron chi connectivity index (χ2n) is 3.66. The molecule has 0 saturated heterocycles. The topological polar surface area (TPSA) is 59.3 Å². The Morgan fingerprint density at radius 2 is 2.11 bits per heavy atom. The van der Waals surface area contributed by atoms with E-state index in [2.05, 4.69) is 0 Å². The van der Waals surface area contributed by atoms with E-state index in [0.29, 0.717) is 0 Å². The van der Waals surface area contributed by atoms with E-state index in [1.54, 1.807) is 0 Å². The Balaban J connectivity index is 2.44. The molecule has 0 aromatic heterocycles. The van der Waals surface area contributed by atoms with Crippen molar-refractivity contribution in [3.05, 3.63) is 22.7 Å². The molecule has 1 aromatic carbocycles. The zero-order valence-electron chi connectivity index (χ0n) is 9.12. The van der Waals surface area contributed by atoms with Gasteiger partial charge in [0.2, 0.25) is 6.79 Å². The summed E-state index contributed by atoms with van der Waals surface area (Å²) in [5, 5.41) is 8.75. The molecule has 4 nitrogen and oxygen atoms in total. The van der Waals surface area contributed by atoms with Gasteiger partial charge in [0, 0.05) is 0 Å². The number of ether oxygens (including phenoxy) is 2. The molecule has 2 rings (SSSR count). The van der Waals surface area contributed by atoms with Gasteiger partial charge in [-0.3, -0.25) is 4.79 Å². The van der Waals surface area contributed by atoms with Gasteiger partial charge >= 0.3 is 6.18 Å². The van der Waals surface area contributed by atoms with Crippen molar-refractivity contribution in [3.63, 3.8) is 0 Å². The highest BCUT2D eigenvalue weighted by molar-refractivity contribution is 6.32. The van der Waals surface area contributed by atoms with Crippen molar-refractivity contribution < 1.29 is 27.4 Å². The molecule has 0 N–H and O–H groups in total. The van der Waals surface area contributed by atoms with E-state index < -0.39 is 17.9 Å². The number of alkyl halides is 3. The van der Waals surface area contributed by atoms with Crippen molar-refractivity contribution in [3.8, 4) is 17.6 Å².